The summed E-state index contributed by atoms with van der Waals surface area (Å²) in [7, 11) is 0. The molecule has 0 aliphatic heterocycles. The van der Waals surface area contributed by atoms with Gasteiger partial charge >= 0.3 is 0 Å². The lowest BCUT2D eigenvalue weighted by Gasteiger charge is -2.14. The highest BCUT2D eigenvalue weighted by molar-refractivity contribution is 9.11. The third-order valence-electron chi connectivity index (χ3n) is 1.29. The summed E-state index contributed by atoms with van der Waals surface area (Å²) < 4.78 is 0.685. The molecular formula is C8H11BrN2O. The zero-order valence-electron chi connectivity index (χ0n) is 7.15. The van der Waals surface area contributed by atoms with Crippen LogP contribution in [0.1, 0.15) is 13.8 Å². The van der Waals surface area contributed by atoms with Gasteiger partial charge in [-0.05, 0) is 13.8 Å². The summed E-state index contributed by atoms with van der Waals surface area (Å²) in [6.07, 6.45) is 0. The summed E-state index contributed by atoms with van der Waals surface area (Å²) in [5.41, 5.74) is -0.970. The molecule has 3 nitrogen and oxygen atoms in total. The lowest BCUT2D eigenvalue weighted by atomic mass is 9.95. The minimum Gasteiger partial charge on any atom is -0.350 e. The Balaban J connectivity index is 4.07. The Hall–Kier alpha value is -0.820. The molecule has 12 heavy (non-hydrogen) atoms. The Morgan fingerprint density at radius 1 is 1.75 bits per heavy atom. The van der Waals surface area contributed by atoms with Crippen LogP contribution in [-0.2, 0) is 4.79 Å². The number of nitriles is 1. The van der Waals surface area contributed by atoms with Gasteiger partial charge in [-0.1, -0.05) is 22.5 Å². The van der Waals surface area contributed by atoms with Crippen molar-refractivity contribution in [2.45, 2.75) is 13.8 Å². The van der Waals surface area contributed by atoms with Gasteiger partial charge < -0.3 is 5.32 Å². The first-order chi connectivity index (χ1) is 5.40. The highest BCUT2D eigenvalue weighted by atomic mass is 79.9. The normalized spacial score (nSPS) is 10.2. The van der Waals surface area contributed by atoms with Crippen molar-refractivity contribution in [1.29, 1.82) is 5.26 Å². The van der Waals surface area contributed by atoms with E-state index in [4.69, 9.17) is 5.26 Å². The zero-order chi connectivity index (χ0) is 9.78. The van der Waals surface area contributed by atoms with E-state index in [9.17, 15) is 4.79 Å². The van der Waals surface area contributed by atoms with Crippen molar-refractivity contribution in [2.24, 2.45) is 5.41 Å². The number of nitrogens with one attached hydrogen (secondary N) is 1. The maximum Gasteiger partial charge on any atom is 0.240 e. The van der Waals surface area contributed by atoms with Crippen LogP contribution >= 0.6 is 15.9 Å². The number of rotatable bonds is 3. The summed E-state index contributed by atoms with van der Waals surface area (Å²) in [4.78, 5) is 11.2. The smallest absolute Gasteiger partial charge is 0.240 e. The van der Waals surface area contributed by atoms with E-state index in [-0.39, 0.29) is 5.91 Å². The number of carbonyl (C=O) groups is 1. The summed E-state index contributed by atoms with van der Waals surface area (Å²) in [6.45, 7) is 7.04. The van der Waals surface area contributed by atoms with Crippen LogP contribution in [0.25, 0.3) is 0 Å². The van der Waals surface area contributed by atoms with E-state index in [0.29, 0.717) is 11.0 Å². The quantitative estimate of drug-likeness (QED) is 0.801. The second-order valence-electron chi connectivity index (χ2n) is 2.94. The van der Waals surface area contributed by atoms with Crippen molar-refractivity contribution in [3.05, 3.63) is 11.1 Å². The maximum atomic E-state index is 11.2. The van der Waals surface area contributed by atoms with Crippen molar-refractivity contribution in [3.63, 3.8) is 0 Å². The summed E-state index contributed by atoms with van der Waals surface area (Å²) in [5, 5.41) is 11.2. The van der Waals surface area contributed by atoms with Crippen molar-refractivity contribution in [3.8, 4) is 6.07 Å². The lowest BCUT2D eigenvalue weighted by Crippen LogP contribution is -2.36. The molecule has 1 amide bonds. The summed E-state index contributed by atoms with van der Waals surface area (Å²) in [6, 6.07) is 1.91. The zero-order valence-corrected chi connectivity index (χ0v) is 8.73. The molecule has 4 heteroatoms. The molecule has 0 bridgehead atoms. The van der Waals surface area contributed by atoms with Crippen LogP contribution in [-0.4, -0.2) is 12.5 Å². The molecule has 0 aliphatic rings. The fourth-order valence-electron chi connectivity index (χ4n) is 0.448. The minimum atomic E-state index is -0.970. The molecule has 0 saturated carbocycles. The van der Waals surface area contributed by atoms with Gasteiger partial charge in [-0.15, -0.1) is 0 Å². The average Bonchev–Trinajstić information content (AvgIpc) is 2.00. The lowest BCUT2D eigenvalue weighted by molar-refractivity contribution is -0.126. The van der Waals surface area contributed by atoms with Crippen LogP contribution in [0.5, 0.6) is 0 Å². The van der Waals surface area contributed by atoms with Crippen molar-refractivity contribution >= 4 is 21.8 Å². The van der Waals surface area contributed by atoms with Gasteiger partial charge in [-0.25, -0.2) is 0 Å². The SMILES string of the molecule is C=C(Br)CNC(=O)C(C)(C)C#N. The molecule has 0 saturated heterocycles. The number of hydrogen-bond donors (Lipinski definition) is 1. The van der Waals surface area contributed by atoms with Crippen molar-refractivity contribution in [1.82, 2.24) is 5.32 Å². The molecule has 0 fully saturated rings. The predicted octanol–water partition coefficient (Wildman–Crippen LogP) is 1.56. The van der Waals surface area contributed by atoms with Gasteiger partial charge in [-0.3, -0.25) is 4.79 Å². The Labute approximate surface area is 80.6 Å². The Bertz CT molecular complexity index is 240. The third kappa shape index (κ3) is 3.54. The van der Waals surface area contributed by atoms with Crippen LogP contribution in [0.4, 0.5) is 0 Å². The summed E-state index contributed by atoms with van der Waals surface area (Å²) >= 11 is 3.10. The van der Waals surface area contributed by atoms with Crippen LogP contribution in [0.3, 0.4) is 0 Å². The topological polar surface area (TPSA) is 52.9 Å². The van der Waals surface area contributed by atoms with E-state index in [0.717, 1.165) is 0 Å². The van der Waals surface area contributed by atoms with Gasteiger partial charge in [0.2, 0.25) is 5.91 Å². The molecule has 0 aliphatic carbocycles. The van der Waals surface area contributed by atoms with Crippen LogP contribution < -0.4 is 5.32 Å². The minimum absolute atomic E-state index is 0.286. The first-order valence-electron chi connectivity index (χ1n) is 3.43. The summed E-state index contributed by atoms with van der Waals surface area (Å²) in [5.74, 6) is -0.286. The maximum absolute atomic E-state index is 11.2. The van der Waals surface area contributed by atoms with E-state index in [1.54, 1.807) is 13.8 Å². The first-order valence-corrected chi connectivity index (χ1v) is 4.22. The van der Waals surface area contributed by atoms with Crippen LogP contribution in [0, 0.1) is 16.7 Å². The van der Waals surface area contributed by atoms with Crippen LogP contribution in [0.2, 0.25) is 0 Å². The van der Waals surface area contributed by atoms with Gasteiger partial charge in [0.15, 0.2) is 0 Å². The van der Waals surface area contributed by atoms with E-state index in [1.807, 2.05) is 6.07 Å². The fourth-order valence-corrected chi connectivity index (χ4v) is 0.588. The standard InChI is InChI=1S/C8H11BrN2O/c1-6(9)4-11-7(12)8(2,3)5-10/h1,4H2,2-3H3,(H,11,12). The van der Waals surface area contributed by atoms with Gasteiger partial charge in [0.05, 0.1) is 6.07 Å². The van der Waals surface area contributed by atoms with E-state index >= 15 is 0 Å². The number of halogens is 1. The molecule has 0 radical (unpaired) electrons. The molecule has 0 aromatic rings. The van der Waals surface area contributed by atoms with Crippen molar-refractivity contribution in [2.75, 3.05) is 6.54 Å². The fraction of sp³-hybridized carbons (Fsp3) is 0.500. The predicted molar refractivity (Wildman–Crippen MR) is 50.5 cm³/mol. The Morgan fingerprint density at radius 3 is 2.58 bits per heavy atom. The molecule has 0 spiro atoms. The molecule has 0 rings (SSSR count). The number of nitrogens with zero attached hydrogens (tertiary/aromatic N) is 1. The van der Waals surface area contributed by atoms with Gasteiger partial charge in [0, 0.05) is 11.0 Å². The number of carbonyl (C=O) groups excluding carboxylic acids is 1. The van der Waals surface area contributed by atoms with Gasteiger partial charge in [0.25, 0.3) is 0 Å². The highest BCUT2D eigenvalue weighted by Crippen LogP contribution is 2.12. The third-order valence-corrected chi connectivity index (χ3v) is 1.57. The van der Waals surface area contributed by atoms with Crippen molar-refractivity contribution < 1.29 is 4.79 Å². The molecule has 0 aromatic heterocycles. The molecule has 0 heterocycles. The van der Waals surface area contributed by atoms with E-state index in [2.05, 4.69) is 27.8 Å². The largest absolute Gasteiger partial charge is 0.350 e. The Morgan fingerprint density at radius 2 is 2.25 bits per heavy atom. The molecule has 1 N–H and O–H groups in total. The molecule has 66 valence electrons. The van der Waals surface area contributed by atoms with Crippen LogP contribution in [0.15, 0.2) is 11.1 Å². The molecule has 0 aromatic carbocycles. The van der Waals surface area contributed by atoms with Gasteiger partial charge in [-0.2, -0.15) is 5.26 Å². The molecular weight excluding hydrogens is 220 g/mol. The molecule has 0 atom stereocenters. The van der Waals surface area contributed by atoms with E-state index < -0.39 is 5.41 Å². The highest BCUT2D eigenvalue weighted by Gasteiger charge is 2.26. The number of amides is 1. The Kier molecular flexibility index (Phi) is 3.98. The first kappa shape index (κ1) is 11.2. The second-order valence-corrected chi connectivity index (χ2v) is 4.06. The molecule has 0 unspecified atom stereocenters. The van der Waals surface area contributed by atoms with E-state index in [1.165, 1.54) is 0 Å². The second kappa shape index (κ2) is 4.27. The van der Waals surface area contributed by atoms with Gasteiger partial charge in [0.1, 0.15) is 5.41 Å². The average molecular weight is 231 g/mol. The number of hydrogen-bond acceptors (Lipinski definition) is 2. The monoisotopic (exact) mass is 230 g/mol.